The smallest absolute Gasteiger partial charge is 0.232 e. The second-order valence-electron chi connectivity index (χ2n) is 20.2. The lowest BCUT2D eigenvalue weighted by atomic mass is 9.78. The van der Waals surface area contributed by atoms with E-state index in [0.29, 0.717) is 17.8 Å². The Hall–Kier alpha value is -1.83. The van der Waals surface area contributed by atoms with Gasteiger partial charge in [-0.15, -0.1) is 0 Å². The Morgan fingerprint density at radius 2 is 0.865 bits per heavy atom. The van der Waals surface area contributed by atoms with Crippen LogP contribution in [0, 0.1) is 0 Å². The van der Waals surface area contributed by atoms with E-state index in [4.69, 9.17) is 15.0 Å². The molecule has 3 aliphatic heterocycles. The van der Waals surface area contributed by atoms with E-state index in [0.717, 1.165) is 83.7 Å². The van der Waals surface area contributed by atoms with Gasteiger partial charge in [-0.2, -0.15) is 30.1 Å². The second kappa shape index (κ2) is 15.7. The normalized spacial score (nSPS) is 25.2. The highest BCUT2D eigenvalue weighted by Gasteiger charge is 2.49. The Bertz CT molecular complexity index is 1280. The minimum absolute atomic E-state index is 0.0459. The molecule has 300 valence electrons. The Kier molecular flexibility index (Phi) is 13.0. The number of unbranched alkanes of at least 4 members (excludes halogenated alkanes) is 4. The van der Waals surface area contributed by atoms with Gasteiger partial charge >= 0.3 is 0 Å². The maximum atomic E-state index is 11.3. The fraction of sp³-hybridized carbons (Fsp3) is 0.925. The van der Waals surface area contributed by atoms with E-state index in [2.05, 4.69) is 112 Å². The molecule has 0 bridgehead atoms. The van der Waals surface area contributed by atoms with Crippen molar-refractivity contribution >= 4 is 17.8 Å². The molecule has 4 heterocycles. The summed E-state index contributed by atoms with van der Waals surface area (Å²) in [6.07, 6.45) is 11.1. The monoisotopic (exact) mass is 732 g/mol. The minimum Gasteiger partial charge on any atom is -0.351 e. The van der Waals surface area contributed by atoms with Gasteiger partial charge in [0.25, 0.3) is 0 Å². The standard InChI is InChI=1S/C40H77N9O3/c1-15-17-19-20-22-46(31-27-39(11,12)49(52)40(13,14)28-31)34-43-32(41-29-23-35(3,4)47(50)36(5,6)24-29)42-33(44-34)45(21-18-16-2)30-25-37(7,8)48(51)38(9,10)26-30/h29-31,50-52H,15-28H2,1-14H3,(H,41,42,43,44). The predicted molar refractivity (Wildman–Crippen MR) is 212 cm³/mol. The number of aromatic nitrogens is 3. The molecule has 3 saturated heterocycles. The summed E-state index contributed by atoms with van der Waals surface area (Å²) in [6.45, 7) is 31.5. The van der Waals surface area contributed by atoms with Gasteiger partial charge in [-0.3, -0.25) is 0 Å². The van der Waals surface area contributed by atoms with Crippen molar-refractivity contribution in [2.45, 2.75) is 225 Å². The molecule has 0 spiro atoms. The van der Waals surface area contributed by atoms with Crippen molar-refractivity contribution < 1.29 is 15.6 Å². The third-order valence-electron chi connectivity index (χ3n) is 12.2. The molecular formula is C40H77N9O3. The summed E-state index contributed by atoms with van der Waals surface area (Å²) in [5.41, 5.74) is -2.57. The molecule has 0 saturated carbocycles. The predicted octanol–water partition coefficient (Wildman–Crippen LogP) is 8.51. The summed E-state index contributed by atoms with van der Waals surface area (Å²) in [7, 11) is 0. The second-order valence-corrected chi connectivity index (χ2v) is 20.2. The van der Waals surface area contributed by atoms with Gasteiger partial charge in [-0.25, -0.2) is 0 Å². The van der Waals surface area contributed by atoms with Crippen LogP contribution in [0.2, 0.25) is 0 Å². The van der Waals surface area contributed by atoms with Crippen LogP contribution in [0.3, 0.4) is 0 Å². The largest absolute Gasteiger partial charge is 0.351 e. The van der Waals surface area contributed by atoms with E-state index in [1.807, 2.05) is 0 Å². The Balaban J connectivity index is 1.86. The molecule has 0 aromatic carbocycles. The number of hydrogen-bond acceptors (Lipinski definition) is 12. The number of anilines is 3. The van der Waals surface area contributed by atoms with Crippen molar-refractivity contribution in [1.29, 1.82) is 0 Å². The van der Waals surface area contributed by atoms with Gasteiger partial charge in [0.2, 0.25) is 17.8 Å². The molecule has 3 aliphatic rings. The highest BCUT2D eigenvalue weighted by molar-refractivity contribution is 5.48. The molecule has 4 N–H and O–H groups in total. The van der Waals surface area contributed by atoms with Crippen LogP contribution in [0.4, 0.5) is 17.8 Å². The highest BCUT2D eigenvalue weighted by atomic mass is 16.5. The molecule has 3 fully saturated rings. The van der Waals surface area contributed by atoms with Gasteiger partial charge in [-0.1, -0.05) is 39.5 Å². The summed E-state index contributed by atoms with van der Waals surface area (Å²) >= 11 is 0. The first-order chi connectivity index (χ1) is 23.9. The molecular weight excluding hydrogens is 654 g/mol. The molecule has 1 aromatic rings. The molecule has 0 atom stereocenters. The van der Waals surface area contributed by atoms with Crippen molar-refractivity contribution in [3.8, 4) is 0 Å². The van der Waals surface area contributed by atoms with Crippen LogP contribution < -0.4 is 15.1 Å². The zero-order valence-electron chi connectivity index (χ0n) is 35.6. The van der Waals surface area contributed by atoms with Gasteiger partial charge in [0.05, 0.1) is 0 Å². The maximum Gasteiger partial charge on any atom is 0.232 e. The van der Waals surface area contributed by atoms with Crippen LogP contribution in [0.25, 0.3) is 0 Å². The van der Waals surface area contributed by atoms with Crippen LogP contribution in [-0.4, -0.2) is 110 Å². The fourth-order valence-electron chi connectivity index (χ4n) is 10.0. The summed E-state index contributed by atoms with van der Waals surface area (Å²) in [5.74, 6) is 1.93. The first-order valence-corrected chi connectivity index (χ1v) is 20.4. The SMILES string of the molecule is CCCCCCN(c1nc(NC2CC(C)(C)N(O)C(C)(C)C2)nc(N(CCCC)C2CC(C)(C)N(O)C(C)(C)C2)n1)C1CC(C)(C)N(O)C(C)(C)C1. The van der Waals surface area contributed by atoms with Crippen LogP contribution in [-0.2, 0) is 0 Å². The van der Waals surface area contributed by atoms with E-state index >= 15 is 0 Å². The number of piperidine rings is 3. The molecule has 12 nitrogen and oxygen atoms in total. The number of hydrogen-bond donors (Lipinski definition) is 4. The first kappa shape index (κ1) is 42.9. The van der Waals surface area contributed by atoms with Gasteiger partial charge < -0.3 is 30.7 Å². The lowest BCUT2D eigenvalue weighted by Crippen LogP contribution is -2.63. The number of nitrogens with one attached hydrogen (secondary N) is 1. The fourth-order valence-corrected chi connectivity index (χ4v) is 10.0. The molecule has 12 heteroatoms. The van der Waals surface area contributed by atoms with E-state index in [-0.39, 0.29) is 18.1 Å². The van der Waals surface area contributed by atoms with Gasteiger partial charge in [0.15, 0.2) is 0 Å². The zero-order chi connectivity index (χ0) is 39.1. The lowest BCUT2D eigenvalue weighted by Gasteiger charge is -2.54. The zero-order valence-corrected chi connectivity index (χ0v) is 35.6. The highest BCUT2D eigenvalue weighted by Crippen LogP contribution is 2.43. The van der Waals surface area contributed by atoms with Crippen LogP contribution in [0.5, 0.6) is 0 Å². The molecule has 0 aliphatic carbocycles. The van der Waals surface area contributed by atoms with Crippen LogP contribution >= 0.6 is 0 Å². The molecule has 0 amide bonds. The third kappa shape index (κ3) is 9.51. The van der Waals surface area contributed by atoms with Gasteiger partial charge in [0.1, 0.15) is 0 Å². The van der Waals surface area contributed by atoms with Crippen LogP contribution in [0.1, 0.15) is 174 Å². The summed E-state index contributed by atoms with van der Waals surface area (Å²) in [6, 6.07) is 0.282. The first-order valence-electron chi connectivity index (χ1n) is 20.4. The summed E-state index contributed by atoms with van der Waals surface area (Å²) in [4.78, 5) is 20.8. The Morgan fingerprint density at radius 1 is 0.519 bits per heavy atom. The maximum absolute atomic E-state index is 11.3. The van der Waals surface area contributed by atoms with Gasteiger partial charge in [-0.05, 0) is 134 Å². The molecule has 0 radical (unpaired) electrons. The lowest BCUT2D eigenvalue weighted by molar-refractivity contribution is -0.244. The Morgan fingerprint density at radius 3 is 1.23 bits per heavy atom. The van der Waals surface area contributed by atoms with Gasteiger partial charge in [0, 0.05) is 64.4 Å². The minimum atomic E-state index is -0.429. The van der Waals surface area contributed by atoms with E-state index in [1.54, 1.807) is 10.1 Å². The number of hydroxylamine groups is 6. The summed E-state index contributed by atoms with van der Waals surface area (Å²) < 4.78 is 0. The van der Waals surface area contributed by atoms with Crippen molar-refractivity contribution in [3.63, 3.8) is 0 Å². The molecule has 4 rings (SSSR count). The topological polar surface area (TPSA) is 128 Å². The van der Waals surface area contributed by atoms with Crippen molar-refractivity contribution in [3.05, 3.63) is 0 Å². The van der Waals surface area contributed by atoms with E-state index < -0.39 is 33.2 Å². The third-order valence-corrected chi connectivity index (χ3v) is 12.2. The van der Waals surface area contributed by atoms with Crippen molar-refractivity contribution in [2.24, 2.45) is 0 Å². The van der Waals surface area contributed by atoms with Crippen molar-refractivity contribution in [2.75, 3.05) is 28.2 Å². The summed E-state index contributed by atoms with van der Waals surface area (Å²) in [5, 5.41) is 42.0. The quantitative estimate of drug-likeness (QED) is 0.137. The van der Waals surface area contributed by atoms with Crippen LogP contribution in [0.15, 0.2) is 0 Å². The Labute approximate surface area is 316 Å². The average Bonchev–Trinajstić information content (AvgIpc) is 3.00. The van der Waals surface area contributed by atoms with Crippen molar-refractivity contribution in [1.82, 2.24) is 30.1 Å². The molecule has 52 heavy (non-hydrogen) atoms. The molecule has 0 unspecified atom stereocenters. The average molecular weight is 732 g/mol. The number of rotatable bonds is 14. The number of nitrogens with zero attached hydrogens (tertiary/aromatic N) is 8. The molecule has 1 aromatic heterocycles. The van der Waals surface area contributed by atoms with E-state index in [9.17, 15) is 15.6 Å². The van der Waals surface area contributed by atoms with E-state index in [1.165, 1.54) is 11.5 Å².